The van der Waals surface area contributed by atoms with Crippen molar-refractivity contribution in [2.75, 3.05) is 39.6 Å². The Hall–Kier alpha value is -1.94. The summed E-state index contributed by atoms with van der Waals surface area (Å²) in [6, 6.07) is 0. The number of phosphoric ester groups is 2. The smallest absolute Gasteiger partial charge is 0.462 e. The zero-order valence-corrected chi connectivity index (χ0v) is 66.0. The molecule has 0 aliphatic carbocycles. The SMILES string of the molecule is CCCCCCCCCCCCCCCCCCCCCC(=O)O[C@H](COC(=O)CCCCCCCCCCCCCC(C)C)COP(=O)(O)OC[C@@H](O)COP(=O)(O)OC[C@@H](COC(=O)CCCCCCCCCCC(C)C)OC(=O)CCCCCCCCCCCCCC(C)C. The van der Waals surface area contributed by atoms with Gasteiger partial charge >= 0.3 is 39.5 Å². The summed E-state index contributed by atoms with van der Waals surface area (Å²) in [7, 11) is -9.92. The zero-order valence-electron chi connectivity index (χ0n) is 64.3. The fraction of sp³-hybridized carbons (Fsp3) is 0.949. The average molecular weight is 1440 g/mol. The van der Waals surface area contributed by atoms with Crippen LogP contribution in [-0.2, 0) is 65.4 Å². The number of aliphatic hydroxyl groups excluding tert-OH is 1. The van der Waals surface area contributed by atoms with E-state index in [1.165, 1.54) is 218 Å². The molecule has 0 radical (unpaired) electrons. The van der Waals surface area contributed by atoms with E-state index in [0.29, 0.717) is 25.7 Å². The molecule has 0 spiro atoms. The molecule has 2 unspecified atom stereocenters. The van der Waals surface area contributed by atoms with Crippen LogP contribution < -0.4 is 0 Å². The number of hydrogen-bond acceptors (Lipinski definition) is 15. The van der Waals surface area contributed by atoms with E-state index in [1.807, 2.05) is 0 Å². The van der Waals surface area contributed by atoms with Gasteiger partial charge < -0.3 is 33.8 Å². The molecule has 0 aromatic carbocycles. The van der Waals surface area contributed by atoms with Crippen molar-refractivity contribution in [3.63, 3.8) is 0 Å². The molecular weight excluding hydrogens is 1280 g/mol. The van der Waals surface area contributed by atoms with Crippen LogP contribution in [0.15, 0.2) is 0 Å². The summed E-state index contributed by atoms with van der Waals surface area (Å²) in [4.78, 5) is 73.0. The van der Waals surface area contributed by atoms with E-state index in [1.54, 1.807) is 0 Å². The van der Waals surface area contributed by atoms with E-state index in [4.69, 9.17) is 37.0 Å². The summed E-state index contributed by atoms with van der Waals surface area (Å²) in [5, 5.41) is 10.6. The second-order valence-electron chi connectivity index (χ2n) is 29.9. The molecule has 0 aliphatic rings. The molecule has 0 aromatic heterocycles. The summed E-state index contributed by atoms with van der Waals surface area (Å²) in [5.74, 6) is 0.148. The van der Waals surface area contributed by atoms with Gasteiger partial charge in [0, 0.05) is 25.7 Å². The molecule has 0 heterocycles. The van der Waals surface area contributed by atoms with Crippen LogP contribution in [0, 0.1) is 17.8 Å². The van der Waals surface area contributed by atoms with Gasteiger partial charge in [-0.2, -0.15) is 0 Å². The highest BCUT2D eigenvalue weighted by Gasteiger charge is 2.30. The number of unbranched alkanes of at least 4 members (excludes halogenated alkanes) is 45. The molecule has 0 saturated carbocycles. The highest BCUT2D eigenvalue weighted by atomic mass is 31.2. The Labute approximate surface area is 600 Å². The number of ether oxygens (including phenoxy) is 4. The largest absolute Gasteiger partial charge is 0.472 e. The molecule has 5 atom stereocenters. The van der Waals surface area contributed by atoms with Crippen molar-refractivity contribution < 1.29 is 80.2 Å². The Bertz CT molecular complexity index is 1900. The summed E-state index contributed by atoms with van der Waals surface area (Å²) in [5.41, 5.74) is 0. The van der Waals surface area contributed by atoms with Gasteiger partial charge in [-0.3, -0.25) is 37.3 Å². The van der Waals surface area contributed by atoms with Crippen molar-refractivity contribution in [2.45, 2.75) is 426 Å². The van der Waals surface area contributed by atoms with E-state index in [2.05, 4.69) is 48.5 Å². The van der Waals surface area contributed by atoms with Gasteiger partial charge in [-0.15, -0.1) is 0 Å². The third-order valence-corrected chi connectivity index (χ3v) is 20.3. The van der Waals surface area contributed by atoms with Crippen LogP contribution in [0.2, 0.25) is 0 Å². The molecule has 17 nitrogen and oxygen atoms in total. The van der Waals surface area contributed by atoms with Crippen LogP contribution in [-0.4, -0.2) is 96.7 Å². The number of hydrogen-bond donors (Lipinski definition) is 3. The highest BCUT2D eigenvalue weighted by molar-refractivity contribution is 7.47. The Balaban J connectivity index is 5.25. The molecule has 0 saturated heterocycles. The van der Waals surface area contributed by atoms with Crippen LogP contribution in [0.25, 0.3) is 0 Å². The van der Waals surface area contributed by atoms with E-state index in [-0.39, 0.29) is 25.7 Å². The third-order valence-electron chi connectivity index (χ3n) is 18.4. The van der Waals surface area contributed by atoms with Crippen molar-refractivity contribution in [1.82, 2.24) is 0 Å². The molecule has 0 rings (SSSR count). The third kappa shape index (κ3) is 72.4. The predicted octanol–water partition coefficient (Wildman–Crippen LogP) is 23.4. The van der Waals surface area contributed by atoms with E-state index < -0.39 is 97.5 Å². The first kappa shape index (κ1) is 96.1. The van der Waals surface area contributed by atoms with Crippen molar-refractivity contribution in [2.24, 2.45) is 17.8 Å². The van der Waals surface area contributed by atoms with E-state index in [9.17, 15) is 43.2 Å². The number of carbonyl (C=O) groups excluding carboxylic acids is 4. The summed E-state index contributed by atoms with van der Waals surface area (Å²) in [6.07, 6.45) is 56.9. The monoisotopic (exact) mass is 1440 g/mol. The quantitative estimate of drug-likeness (QED) is 0.0222. The second kappa shape index (κ2) is 69.4. The van der Waals surface area contributed by atoms with Crippen molar-refractivity contribution >= 4 is 39.5 Å². The maximum atomic E-state index is 13.1. The lowest BCUT2D eigenvalue weighted by molar-refractivity contribution is -0.161. The number of esters is 4. The topological polar surface area (TPSA) is 237 Å². The first-order valence-electron chi connectivity index (χ1n) is 40.8. The second-order valence-corrected chi connectivity index (χ2v) is 32.8. The van der Waals surface area contributed by atoms with Gasteiger partial charge in [-0.05, 0) is 43.4 Å². The normalized spacial score (nSPS) is 14.0. The lowest BCUT2D eigenvalue weighted by atomic mass is 10.0. The van der Waals surface area contributed by atoms with Gasteiger partial charge in [0.2, 0.25) is 0 Å². The molecule has 0 aliphatic heterocycles. The average Bonchev–Trinajstić information content (AvgIpc) is 1.02. The zero-order chi connectivity index (χ0) is 72.3. The summed E-state index contributed by atoms with van der Waals surface area (Å²) < 4.78 is 68.7. The highest BCUT2D eigenvalue weighted by Crippen LogP contribution is 2.45. The molecule has 0 amide bonds. The summed E-state index contributed by atoms with van der Waals surface area (Å²) in [6.45, 7) is 11.9. The Kier molecular flexibility index (Phi) is 68.1. The van der Waals surface area contributed by atoms with Crippen molar-refractivity contribution in [1.29, 1.82) is 0 Å². The first-order chi connectivity index (χ1) is 47.2. The van der Waals surface area contributed by atoms with E-state index >= 15 is 0 Å². The van der Waals surface area contributed by atoms with Crippen LogP contribution in [0.3, 0.4) is 0 Å². The molecule has 0 fully saturated rings. The van der Waals surface area contributed by atoms with Crippen LogP contribution in [0.4, 0.5) is 0 Å². The first-order valence-corrected chi connectivity index (χ1v) is 43.8. The predicted molar refractivity (Wildman–Crippen MR) is 400 cm³/mol. The molecule has 0 bridgehead atoms. The minimum atomic E-state index is -4.96. The Morgan fingerprint density at radius 2 is 0.469 bits per heavy atom. The molecule has 3 N–H and O–H groups in total. The summed E-state index contributed by atoms with van der Waals surface area (Å²) >= 11 is 0. The van der Waals surface area contributed by atoms with Gasteiger partial charge in [0.25, 0.3) is 0 Å². The fourth-order valence-electron chi connectivity index (χ4n) is 12.1. The lowest BCUT2D eigenvalue weighted by Gasteiger charge is -2.21. The number of rotatable bonds is 77. The van der Waals surface area contributed by atoms with Crippen molar-refractivity contribution in [3.8, 4) is 0 Å². The molecule has 582 valence electrons. The molecular formula is C79H154O17P2. The standard InChI is InChI=1S/C79H154O17P2/c1-8-9-10-11-12-13-14-15-16-17-18-19-20-21-26-32-41-48-55-62-78(83)95-74(66-89-76(81)60-53-46-39-31-27-22-24-29-36-43-50-57-70(2)3)68-93-97(85,86)91-64-73(80)65-92-98(87,88)94-69-75(67-90-77(82)61-54-47-40-35-34-38-45-52-59-72(6)7)96-79(84)63-56-49-42-33-28-23-25-30-37-44-51-58-71(4)5/h70-75,80H,8-69H2,1-7H3,(H,85,86)(H,87,88)/t73-,74-,75-/m1/s1. The molecule has 19 heteroatoms. The number of phosphoric acid groups is 2. The molecule has 0 aromatic rings. The van der Waals surface area contributed by atoms with Crippen LogP contribution >= 0.6 is 15.6 Å². The minimum absolute atomic E-state index is 0.106. The van der Waals surface area contributed by atoms with E-state index in [0.717, 1.165) is 108 Å². The van der Waals surface area contributed by atoms with Gasteiger partial charge in [0.1, 0.15) is 19.3 Å². The Morgan fingerprint density at radius 1 is 0.276 bits per heavy atom. The fourth-order valence-corrected chi connectivity index (χ4v) is 13.7. The van der Waals surface area contributed by atoms with Gasteiger partial charge in [0.05, 0.1) is 26.4 Å². The van der Waals surface area contributed by atoms with Crippen LogP contribution in [0.5, 0.6) is 0 Å². The van der Waals surface area contributed by atoms with Crippen molar-refractivity contribution in [3.05, 3.63) is 0 Å². The van der Waals surface area contributed by atoms with Crippen LogP contribution in [0.1, 0.15) is 408 Å². The number of carbonyl (C=O) groups is 4. The maximum Gasteiger partial charge on any atom is 0.472 e. The minimum Gasteiger partial charge on any atom is -0.462 e. The maximum absolute atomic E-state index is 13.1. The van der Waals surface area contributed by atoms with Gasteiger partial charge in [-0.25, -0.2) is 9.13 Å². The lowest BCUT2D eigenvalue weighted by Crippen LogP contribution is -2.30. The van der Waals surface area contributed by atoms with Gasteiger partial charge in [-0.1, -0.05) is 357 Å². The van der Waals surface area contributed by atoms with Gasteiger partial charge in [0.15, 0.2) is 12.2 Å². The Morgan fingerprint density at radius 3 is 0.694 bits per heavy atom. The number of aliphatic hydroxyl groups is 1. The molecule has 98 heavy (non-hydrogen) atoms.